The predicted octanol–water partition coefficient (Wildman–Crippen LogP) is 2.15. The number of nitrogens with one attached hydrogen (secondary N) is 5. The van der Waals surface area contributed by atoms with Crippen molar-refractivity contribution >= 4 is 29.5 Å². The van der Waals surface area contributed by atoms with Gasteiger partial charge >= 0.3 is 0 Å². The maximum absolute atomic E-state index is 12.9. The molecule has 1 atom stereocenters. The van der Waals surface area contributed by atoms with Gasteiger partial charge in [-0.2, -0.15) is 0 Å². The molecule has 0 bridgehead atoms. The number of carbonyl (C=O) groups excluding carboxylic acids is 5. The molecule has 0 aliphatic heterocycles. The molecule has 49 heavy (non-hydrogen) atoms. The molecule has 0 fully saturated rings. The number of nitrogens with zero attached hydrogens (tertiary/aromatic N) is 3. The summed E-state index contributed by atoms with van der Waals surface area (Å²) in [4.78, 5) is 60.3. The molecule has 2 aromatic rings. The van der Waals surface area contributed by atoms with Crippen molar-refractivity contribution in [1.82, 2.24) is 41.6 Å². The van der Waals surface area contributed by atoms with Gasteiger partial charge in [-0.05, 0) is 70.9 Å². The highest BCUT2D eigenvalue weighted by molar-refractivity contribution is 5.79. The fourth-order valence-corrected chi connectivity index (χ4v) is 5.96. The summed E-state index contributed by atoms with van der Waals surface area (Å²) >= 11 is 0. The van der Waals surface area contributed by atoms with E-state index < -0.39 is 11.6 Å². The molecule has 14 heteroatoms. The maximum atomic E-state index is 12.9. The summed E-state index contributed by atoms with van der Waals surface area (Å²) in [5.41, 5.74) is 2.75. The van der Waals surface area contributed by atoms with Crippen LogP contribution in [0.4, 0.5) is 0 Å². The number of hydrogen-bond acceptors (Lipinski definition) is 8. The van der Waals surface area contributed by atoms with Crippen LogP contribution in [0, 0.1) is 0 Å². The van der Waals surface area contributed by atoms with E-state index in [1.807, 2.05) is 52.0 Å². The van der Waals surface area contributed by atoms with Crippen LogP contribution in [0.2, 0.25) is 0 Å². The van der Waals surface area contributed by atoms with Crippen LogP contribution in [0.1, 0.15) is 109 Å². The smallest absolute Gasteiger partial charge is 0.246 e. The predicted molar refractivity (Wildman–Crippen MR) is 184 cm³/mol. The van der Waals surface area contributed by atoms with Gasteiger partial charge in [0, 0.05) is 51.0 Å². The number of ether oxygens (including phenoxy) is 1. The average Bonchev–Trinajstić information content (AvgIpc) is 3.35. The highest BCUT2D eigenvalue weighted by Gasteiger charge is 2.26. The molecule has 3 rings (SSSR count). The van der Waals surface area contributed by atoms with Crippen LogP contribution in [-0.2, 0) is 54.6 Å². The zero-order chi connectivity index (χ0) is 36.0. The van der Waals surface area contributed by atoms with Gasteiger partial charge in [0.15, 0.2) is 0 Å². The summed E-state index contributed by atoms with van der Waals surface area (Å²) in [7, 11) is 0. The zero-order valence-corrected chi connectivity index (χ0v) is 29.9. The molecule has 14 nitrogen and oxygen atoms in total. The van der Waals surface area contributed by atoms with Crippen LogP contribution in [0.5, 0.6) is 0 Å². The highest BCUT2D eigenvalue weighted by atomic mass is 16.5. The van der Waals surface area contributed by atoms with Gasteiger partial charge < -0.3 is 31.3 Å². The van der Waals surface area contributed by atoms with E-state index in [-0.39, 0.29) is 61.2 Å². The molecule has 1 unspecified atom stereocenters. The Kier molecular flexibility index (Phi) is 14.7. The number of amides is 5. The molecule has 5 amide bonds. The van der Waals surface area contributed by atoms with Crippen molar-refractivity contribution in [1.29, 1.82) is 0 Å². The molecule has 0 spiro atoms. The largest absolute Gasteiger partial charge is 0.362 e. The first kappa shape index (κ1) is 39.1. The van der Waals surface area contributed by atoms with Gasteiger partial charge in [0.05, 0.1) is 5.69 Å². The molecule has 0 saturated carbocycles. The molecule has 0 saturated heterocycles. The molecular weight excluding hydrogens is 628 g/mol. The SMILES string of the molecule is CC(=O)NC(C)(C)CCNC(=O)CCNC(=O)COC1CCCCCc2c1nnn2CC(=O)NCc1ccc(CC(C)(C)NC(C)=O)cc1. The van der Waals surface area contributed by atoms with Crippen LogP contribution < -0.4 is 26.6 Å². The quantitative estimate of drug-likeness (QED) is 0.168. The standard InChI is InChI=1S/C35H54N8O6/c1-24(44)39-34(3,4)17-19-37-30(46)16-18-36-32(48)23-49-29-11-9-7-8-10-28-33(29)41-42-43(28)22-31(47)38-21-27-14-12-26(13-15-27)20-35(5,6)40-25(2)45/h12-15,29H,7-11,16-23H2,1-6H3,(H,36,48)(H,37,46)(H,38,47)(H,39,44)(H,40,45). The summed E-state index contributed by atoms with van der Waals surface area (Å²) < 4.78 is 7.62. The Morgan fingerprint density at radius 3 is 2.16 bits per heavy atom. The third kappa shape index (κ3) is 14.4. The molecule has 1 heterocycles. The first-order valence-corrected chi connectivity index (χ1v) is 17.1. The van der Waals surface area contributed by atoms with Crippen LogP contribution in [0.25, 0.3) is 0 Å². The van der Waals surface area contributed by atoms with Crippen molar-refractivity contribution in [3.8, 4) is 0 Å². The number of aromatic nitrogens is 3. The molecule has 5 N–H and O–H groups in total. The molecule has 1 aromatic carbocycles. The van der Waals surface area contributed by atoms with Gasteiger partial charge in [0.2, 0.25) is 29.5 Å². The van der Waals surface area contributed by atoms with Crippen LogP contribution in [0.3, 0.4) is 0 Å². The van der Waals surface area contributed by atoms with Crippen LogP contribution >= 0.6 is 0 Å². The number of hydrogen-bond donors (Lipinski definition) is 5. The third-order valence-corrected chi connectivity index (χ3v) is 8.20. The molecule has 1 aliphatic carbocycles. The van der Waals surface area contributed by atoms with Gasteiger partial charge in [-0.15, -0.1) is 5.10 Å². The van der Waals surface area contributed by atoms with E-state index in [0.29, 0.717) is 44.5 Å². The van der Waals surface area contributed by atoms with Crippen molar-refractivity contribution in [3.63, 3.8) is 0 Å². The van der Waals surface area contributed by atoms with E-state index in [1.165, 1.54) is 13.8 Å². The Labute approximate surface area is 289 Å². The average molecular weight is 683 g/mol. The minimum absolute atomic E-state index is 0.0192. The van der Waals surface area contributed by atoms with Crippen molar-refractivity contribution < 1.29 is 28.7 Å². The topological polar surface area (TPSA) is 185 Å². The van der Waals surface area contributed by atoms with E-state index >= 15 is 0 Å². The number of fused-ring (bicyclic) bond motifs is 1. The van der Waals surface area contributed by atoms with Gasteiger partial charge in [-0.1, -0.05) is 42.3 Å². The first-order chi connectivity index (χ1) is 23.1. The fraction of sp³-hybridized carbons (Fsp3) is 0.629. The second-order valence-corrected chi connectivity index (χ2v) is 14.1. The lowest BCUT2D eigenvalue weighted by molar-refractivity contribution is -0.128. The second kappa shape index (κ2) is 18.4. The molecule has 270 valence electrons. The molecular formula is C35H54N8O6. The van der Waals surface area contributed by atoms with E-state index in [4.69, 9.17) is 4.74 Å². The lowest BCUT2D eigenvalue weighted by Gasteiger charge is -2.25. The van der Waals surface area contributed by atoms with Crippen molar-refractivity contribution in [2.45, 2.75) is 123 Å². The first-order valence-electron chi connectivity index (χ1n) is 17.1. The van der Waals surface area contributed by atoms with Gasteiger partial charge in [-0.3, -0.25) is 24.0 Å². The minimum atomic E-state index is -0.428. The molecule has 1 aliphatic rings. The van der Waals surface area contributed by atoms with Crippen LogP contribution in [0.15, 0.2) is 24.3 Å². The summed E-state index contributed by atoms with van der Waals surface area (Å²) in [6.07, 6.45) is 5.19. The van der Waals surface area contributed by atoms with E-state index in [0.717, 1.165) is 36.1 Å². The number of benzene rings is 1. The zero-order valence-electron chi connectivity index (χ0n) is 29.9. The normalized spacial score (nSPS) is 14.9. The maximum Gasteiger partial charge on any atom is 0.246 e. The number of carbonyl (C=O) groups is 5. The third-order valence-electron chi connectivity index (χ3n) is 8.20. The Morgan fingerprint density at radius 2 is 1.47 bits per heavy atom. The highest BCUT2D eigenvalue weighted by Crippen LogP contribution is 2.29. The summed E-state index contributed by atoms with van der Waals surface area (Å²) in [6, 6.07) is 7.94. The van der Waals surface area contributed by atoms with E-state index in [1.54, 1.807) is 4.68 Å². The Bertz CT molecular complexity index is 1440. The molecule has 0 radical (unpaired) electrons. The van der Waals surface area contributed by atoms with Gasteiger partial charge in [-0.25, -0.2) is 4.68 Å². The summed E-state index contributed by atoms with van der Waals surface area (Å²) in [5, 5.41) is 22.9. The second-order valence-electron chi connectivity index (χ2n) is 14.1. The molecule has 1 aromatic heterocycles. The lowest BCUT2D eigenvalue weighted by Crippen LogP contribution is -2.44. The Morgan fingerprint density at radius 1 is 0.816 bits per heavy atom. The summed E-state index contributed by atoms with van der Waals surface area (Å²) in [5.74, 6) is -0.908. The fourth-order valence-electron chi connectivity index (χ4n) is 5.96. The van der Waals surface area contributed by atoms with Gasteiger partial charge in [0.25, 0.3) is 0 Å². The Balaban J connectivity index is 1.44. The van der Waals surface area contributed by atoms with Gasteiger partial charge in [0.1, 0.15) is 24.9 Å². The van der Waals surface area contributed by atoms with E-state index in [2.05, 4.69) is 36.9 Å². The van der Waals surface area contributed by atoms with Crippen LogP contribution in [-0.4, -0.2) is 75.3 Å². The van der Waals surface area contributed by atoms with Crippen molar-refractivity contribution in [2.75, 3.05) is 19.7 Å². The minimum Gasteiger partial charge on any atom is -0.362 e. The monoisotopic (exact) mass is 682 g/mol. The van der Waals surface area contributed by atoms with Crippen molar-refractivity contribution in [2.24, 2.45) is 0 Å². The number of rotatable bonds is 17. The summed E-state index contributed by atoms with van der Waals surface area (Å²) in [6.45, 7) is 11.5. The van der Waals surface area contributed by atoms with Crippen molar-refractivity contribution in [3.05, 3.63) is 46.8 Å². The lowest BCUT2D eigenvalue weighted by atomic mass is 9.94. The Hall–Kier alpha value is -4.33. The van der Waals surface area contributed by atoms with E-state index in [9.17, 15) is 24.0 Å².